The molecule has 1 fully saturated rings. The average molecular weight is 329 g/mol. The van der Waals surface area contributed by atoms with Gasteiger partial charge in [0.25, 0.3) is 5.91 Å². The van der Waals surface area contributed by atoms with Gasteiger partial charge in [-0.25, -0.2) is 4.98 Å². The number of ether oxygens (including phenoxy) is 1. The Kier molecular flexibility index (Phi) is 3.88. The fourth-order valence-corrected chi connectivity index (χ4v) is 3.24. The Morgan fingerprint density at radius 3 is 2.92 bits per heavy atom. The van der Waals surface area contributed by atoms with E-state index in [0.29, 0.717) is 18.8 Å². The minimum Gasteiger partial charge on any atom is -0.375 e. The number of hydrogen-bond donors (Lipinski definition) is 0. The molecule has 0 radical (unpaired) electrons. The quantitative estimate of drug-likeness (QED) is 0.838. The number of amides is 1. The van der Waals surface area contributed by atoms with Crippen LogP contribution >= 0.6 is 0 Å². The van der Waals surface area contributed by atoms with Gasteiger partial charge in [0, 0.05) is 32.9 Å². The third-order valence-corrected chi connectivity index (χ3v) is 4.87. The Morgan fingerprint density at radius 1 is 1.38 bits per heavy atom. The first kappa shape index (κ1) is 15.4. The van der Waals surface area contributed by atoms with Gasteiger partial charge in [0.15, 0.2) is 0 Å². The van der Waals surface area contributed by atoms with E-state index in [1.54, 1.807) is 16.9 Å². The third kappa shape index (κ3) is 2.84. The minimum atomic E-state index is -0.0644. The summed E-state index contributed by atoms with van der Waals surface area (Å²) in [5.74, 6) is 1.65. The van der Waals surface area contributed by atoms with E-state index in [4.69, 9.17) is 4.74 Å². The Bertz CT molecular complexity index is 746. The van der Waals surface area contributed by atoms with E-state index >= 15 is 0 Å². The fraction of sp³-hybridized carbons (Fsp3) is 0.588. The molecule has 7 nitrogen and oxygen atoms in total. The number of carbonyl (C=O) groups excluding carboxylic acids is 1. The van der Waals surface area contributed by atoms with Crippen molar-refractivity contribution in [3.63, 3.8) is 0 Å². The zero-order chi connectivity index (χ0) is 16.7. The normalized spacial score (nSPS) is 20.2. The molecule has 2 aromatic heterocycles. The molecule has 3 heterocycles. The smallest absolute Gasteiger partial charge is 0.275 e. The summed E-state index contributed by atoms with van der Waals surface area (Å²) >= 11 is 0. The first-order chi connectivity index (χ1) is 11.6. The van der Waals surface area contributed by atoms with Gasteiger partial charge in [-0.1, -0.05) is 0 Å². The standard InChI is InChI=1S/C17H23N5O2/c1-12-16-18-9-14(11-24-10-13-3-4-13)22(16)8-7-21(12)17(23)15-5-6-20(2)19-15/h5-6,9,12-13H,3-4,7-8,10-11H2,1-2H3/t12-/m0/s1. The largest absolute Gasteiger partial charge is 0.375 e. The van der Waals surface area contributed by atoms with Crippen LogP contribution in [0.1, 0.15) is 47.8 Å². The third-order valence-electron chi connectivity index (χ3n) is 4.87. The van der Waals surface area contributed by atoms with Gasteiger partial charge >= 0.3 is 0 Å². The monoisotopic (exact) mass is 329 g/mol. The van der Waals surface area contributed by atoms with E-state index in [1.165, 1.54) is 12.8 Å². The maximum absolute atomic E-state index is 12.7. The molecule has 7 heteroatoms. The van der Waals surface area contributed by atoms with Crippen molar-refractivity contribution in [1.29, 1.82) is 0 Å². The molecule has 1 amide bonds. The van der Waals surface area contributed by atoms with Crippen molar-refractivity contribution in [2.24, 2.45) is 13.0 Å². The van der Waals surface area contributed by atoms with Crippen LogP contribution in [0.25, 0.3) is 0 Å². The predicted molar refractivity (Wildman–Crippen MR) is 87.3 cm³/mol. The highest BCUT2D eigenvalue weighted by Gasteiger charge is 2.31. The molecule has 0 bridgehead atoms. The number of hydrogen-bond acceptors (Lipinski definition) is 4. The van der Waals surface area contributed by atoms with Crippen molar-refractivity contribution in [2.45, 2.75) is 39.0 Å². The number of carbonyl (C=O) groups is 1. The summed E-state index contributed by atoms with van der Waals surface area (Å²) in [6.07, 6.45) is 6.27. The first-order valence-electron chi connectivity index (χ1n) is 8.56. The van der Waals surface area contributed by atoms with Gasteiger partial charge in [0.05, 0.1) is 24.5 Å². The molecule has 0 spiro atoms. The van der Waals surface area contributed by atoms with Gasteiger partial charge in [-0.2, -0.15) is 5.10 Å². The number of nitrogens with zero attached hydrogens (tertiary/aromatic N) is 5. The first-order valence-corrected chi connectivity index (χ1v) is 8.56. The van der Waals surface area contributed by atoms with Crippen molar-refractivity contribution < 1.29 is 9.53 Å². The summed E-state index contributed by atoms with van der Waals surface area (Å²) in [5, 5.41) is 4.22. The lowest BCUT2D eigenvalue weighted by molar-refractivity contribution is 0.0620. The number of rotatable bonds is 5. The highest BCUT2D eigenvalue weighted by atomic mass is 16.5. The molecule has 128 valence electrons. The van der Waals surface area contributed by atoms with Crippen LogP contribution in [-0.2, 0) is 24.9 Å². The molecule has 2 aromatic rings. The summed E-state index contributed by atoms with van der Waals surface area (Å²) < 4.78 is 9.64. The van der Waals surface area contributed by atoms with Crippen LogP contribution in [0.2, 0.25) is 0 Å². The van der Waals surface area contributed by atoms with Gasteiger partial charge in [0.2, 0.25) is 0 Å². The number of fused-ring (bicyclic) bond motifs is 1. The molecule has 1 saturated carbocycles. The molecule has 0 N–H and O–H groups in total. The Balaban J connectivity index is 1.47. The molecule has 2 aliphatic rings. The Labute approximate surface area is 141 Å². The molecule has 0 aromatic carbocycles. The van der Waals surface area contributed by atoms with E-state index in [-0.39, 0.29) is 11.9 Å². The topological polar surface area (TPSA) is 65.2 Å². The van der Waals surface area contributed by atoms with Crippen molar-refractivity contribution in [3.8, 4) is 0 Å². The van der Waals surface area contributed by atoms with Crippen LogP contribution in [0.5, 0.6) is 0 Å². The summed E-state index contributed by atoms with van der Waals surface area (Å²) in [7, 11) is 1.82. The van der Waals surface area contributed by atoms with Gasteiger partial charge in [-0.15, -0.1) is 0 Å². The molecule has 0 saturated heterocycles. The maximum Gasteiger partial charge on any atom is 0.275 e. The Morgan fingerprint density at radius 2 is 2.21 bits per heavy atom. The molecule has 4 rings (SSSR count). The number of aryl methyl sites for hydroxylation is 1. The van der Waals surface area contributed by atoms with Gasteiger partial charge in [-0.3, -0.25) is 9.48 Å². The zero-order valence-corrected chi connectivity index (χ0v) is 14.2. The second kappa shape index (κ2) is 6.05. The Hall–Kier alpha value is -2.15. The lowest BCUT2D eigenvalue weighted by atomic mass is 10.2. The lowest BCUT2D eigenvalue weighted by Crippen LogP contribution is -2.41. The molecular formula is C17H23N5O2. The highest BCUT2D eigenvalue weighted by molar-refractivity contribution is 5.92. The van der Waals surface area contributed by atoms with E-state index < -0.39 is 0 Å². The lowest BCUT2D eigenvalue weighted by Gasteiger charge is -2.34. The predicted octanol–water partition coefficient (Wildman–Crippen LogP) is 1.76. The molecule has 1 aliphatic heterocycles. The van der Waals surface area contributed by atoms with Crippen molar-refractivity contribution in [1.82, 2.24) is 24.2 Å². The molecule has 0 unspecified atom stereocenters. The van der Waals surface area contributed by atoms with Crippen LogP contribution in [0.15, 0.2) is 18.5 Å². The second-order valence-corrected chi connectivity index (χ2v) is 6.77. The number of aromatic nitrogens is 4. The van der Waals surface area contributed by atoms with Crippen molar-refractivity contribution in [2.75, 3.05) is 13.2 Å². The van der Waals surface area contributed by atoms with E-state index in [0.717, 1.165) is 30.6 Å². The van der Waals surface area contributed by atoms with Crippen LogP contribution < -0.4 is 0 Å². The summed E-state index contributed by atoms with van der Waals surface area (Å²) in [4.78, 5) is 19.1. The highest BCUT2D eigenvalue weighted by Crippen LogP contribution is 2.30. The van der Waals surface area contributed by atoms with E-state index in [2.05, 4.69) is 14.6 Å². The molecule has 1 aliphatic carbocycles. The minimum absolute atomic E-state index is 0.0381. The second-order valence-electron chi connectivity index (χ2n) is 6.77. The van der Waals surface area contributed by atoms with Gasteiger partial charge < -0.3 is 14.2 Å². The van der Waals surface area contributed by atoms with Crippen LogP contribution in [-0.4, -0.2) is 43.3 Å². The summed E-state index contributed by atoms with van der Waals surface area (Å²) in [6.45, 7) is 4.88. The van der Waals surface area contributed by atoms with Gasteiger partial charge in [0.1, 0.15) is 11.5 Å². The summed E-state index contributed by atoms with van der Waals surface area (Å²) in [5.41, 5.74) is 1.58. The van der Waals surface area contributed by atoms with Crippen LogP contribution in [0.3, 0.4) is 0 Å². The summed E-state index contributed by atoms with van der Waals surface area (Å²) in [6, 6.07) is 1.69. The van der Waals surface area contributed by atoms with Crippen molar-refractivity contribution in [3.05, 3.63) is 35.7 Å². The van der Waals surface area contributed by atoms with Crippen LogP contribution in [0, 0.1) is 5.92 Å². The SMILES string of the molecule is C[C@H]1c2ncc(COCC3CC3)n2CCN1C(=O)c1ccn(C)n1. The van der Waals surface area contributed by atoms with E-state index in [1.807, 2.05) is 25.1 Å². The fourth-order valence-electron chi connectivity index (χ4n) is 3.24. The molecule has 1 atom stereocenters. The van der Waals surface area contributed by atoms with Crippen LogP contribution in [0.4, 0.5) is 0 Å². The zero-order valence-electron chi connectivity index (χ0n) is 14.2. The van der Waals surface area contributed by atoms with Gasteiger partial charge in [-0.05, 0) is 31.7 Å². The van der Waals surface area contributed by atoms with Crippen molar-refractivity contribution >= 4 is 5.91 Å². The molecular weight excluding hydrogens is 306 g/mol. The maximum atomic E-state index is 12.7. The van der Waals surface area contributed by atoms with E-state index in [9.17, 15) is 4.79 Å². The molecule has 24 heavy (non-hydrogen) atoms. The average Bonchev–Trinajstić information content (AvgIpc) is 3.14. The number of imidazole rings is 1.